The van der Waals surface area contributed by atoms with Crippen molar-refractivity contribution in [3.63, 3.8) is 0 Å². The van der Waals surface area contributed by atoms with Crippen molar-refractivity contribution in [3.05, 3.63) is 0 Å². The Morgan fingerprint density at radius 1 is 1.47 bits per heavy atom. The lowest BCUT2D eigenvalue weighted by Gasteiger charge is -2.33. The number of piperazine rings is 1. The summed E-state index contributed by atoms with van der Waals surface area (Å²) in [4.78, 5) is 34.1. The topological polar surface area (TPSA) is 95.9 Å². The molecule has 0 aromatic rings. The van der Waals surface area contributed by atoms with E-state index in [1.807, 2.05) is 0 Å². The number of carboxylic acids is 1. The van der Waals surface area contributed by atoms with E-state index in [-0.39, 0.29) is 13.1 Å². The average molecular weight is 284 g/mol. The fourth-order valence-electron chi connectivity index (χ4n) is 1.53. The van der Waals surface area contributed by atoms with Gasteiger partial charge in [0.2, 0.25) is 5.91 Å². The standard InChI is InChI=1S/C9H11F3N2O5/c10-9(11,12)4-19-8(18)14-2-1-13-7(17)5(14)3-6(15)16/h5H,1-4H2,(H,13,17)(H,15,16). The summed E-state index contributed by atoms with van der Waals surface area (Å²) in [6.45, 7) is -1.87. The van der Waals surface area contributed by atoms with Crippen LogP contribution in [0.4, 0.5) is 18.0 Å². The number of nitrogens with one attached hydrogen (secondary N) is 1. The van der Waals surface area contributed by atoms with Gasteiger partial charge in [-0.25, -0.2) is 4.79 Å². The van der Waals surface area contributed by atoms with Gasteiger partial charge >= 0.3 is 18.2 Å². The van der Waals surface area contributed by atoms with Crippen LogP contribution >= 0.6 is 0 Å². The number of halogens is 3. The van der Waals surface area contributed by atoms with Crippen molar-refractivity contribution in [1.82, 2.24) is 10.2 Å². The van der Waals surface area contributed by atoms with Crippen LogP contribution in [0.1, 0.15) is 6.42 Å². The Balaban J connectivity index is 2.68. The molecule has 108 valence electrons. The fourth-order valence-corrected chi connectivity index (χ4v) is 1.53. The van der Waals surface area contributed by atoms with E-state index >= 15 is 0 Å². The van der Waals surface area contributed by atoms with E-state index in [9.17, 15) is 27.6 Å². The van der Waals surface area contributed by atoms with Crippen LogP contribution in [-0.4, -0.2) is 59.9 Å². The molecule has 7 nitrogen and oxygen atoms in total. The molecule has 1 aliphatic heterocycles. The fraction of sp³-hybridized carbons (Fsp3) is 0.667. The molecule has 1 rings (SSSR count). The summed E-state index contributed by atoms with van der Waals surface area (Å²) in [7, 11) is 0. The number of amides is 2. The van der Waals surface area contributed by atoms with E-state index in [0.717, 1.165) is 0 Å². The highest BCUT2D eigenvalue weighted by molar-refractivity contribution is 5.90. The van der Waals surface area contributed by atoms with Crippen molar-refractivity contribution in [3.8, 4) is 0 Å². The Bertz CT molecular complexity index is 385. The number of carbonyl (C=O) groups excluding carboxylic acids is 2. The van der Waals surface area contributed by atoms with E-state index in [1.165, 1.54) is 0 Å². The molecule has 1 heterocycles. The summed E-state index contributed by atoms with van der Waals surface area (Å²) in [6.07, 6.45) is -6.75. The summed E-state index contributed by atoms with van der Waals surface area (Å²) in [5.41, 5.74) is 0. The second-order valence-corrected chi connectivity index (χ2v) is 3.77. The molecule has 1 unspecified atom stereocenters. The van der Waals surface area contributed by atoms with Gasteiger partial charge in [0.15, 0.2) is 6.61 Å². The third-order valence-electron chi connectivity index (χ3n) is 2.29. The Morgan fingerprint density at radius 3 is 2.63 bits per heavy atom. The van der Waals surface area contributed by atoms with Gasteiger partial charge in [-0.3, -0.25) is 14.5 Å². The van der Waals surface area contributed by atoms with Crippen LogP contribution in [0.15, 0.2) is 0 Å². The highest BCUT2D eigenvalue weighted by atomic mass is 19.4. The van der Waals surface area contributed by atoms with E-state index in [2.05, 4.69) is 10.1 Å². The number of carbonyl (C=O) groups is 3. The van der Waals surface area contributed by atoms with Crippen LogP contribution in [-0.2, 0) is 14.3 Å². The van der Waals surface area contributed by atoms with Crippen molar-refractivity contribution >= 4 is 18.0 Å². The Labute approximate surface area is 105 Å². The number of rotatable bonds is 3. The van der Waals surface area contributed by atoms with Crippen LogP contribution in [0.2, 0.25) is 0 Å². The Hall–Kier alpha value is -2.00. The maximum absolute atomic E-state index is 11.9. The van der Waals surface area contributed by atoms with E-state index < -0.39 is 43.2 Å². The molecule has 10 heteroatoms. The van der Waals surface area contributed by atoms with Crippen LogP contribution in [0.3, 0.4) is 0 Å². The molecule has 1 aliphatic rings. The molecule has 1 fully saturated rings. The highest BCUT2D eigenvalue weighted by Gasteiger charge is 2.37. The molecule has 2 amide bonds. The lowest BCUT2D eigenvalue weighted by Crippen LogP contribution is -2.58. The zero-order valence-corrected chi connectivity index (χ0v) is 9.57. The largest absolute Gasteiger partial charge is 0.481 e. The quantitative estimate of drug-likeness (QED) is 0.758. The van der Waals surface area contributed by atoms with Gasteiger partial charge in [0.1, 0.15) is 6.04 Å². The van der Waals surface area contributed by atoms with E-state index in [0.29, 0.717) is 4.90 Å². The van der Waals surface area contributed by atoms with Crippen LogP contribution in [0, 0.1) is 0 Å². The van der Waals surface area contributed by atoms with Gasteiger partial charge in [-0.1, -0.05) is 0 Å². The number of alkyl halides is 3. The van der Waals surface area contributed by atoms with Gasteiger partial charge in [-0.15, -0.1) is 0 Å². The maximum atomic E-state index is 11.9. The van der Waals surface area contributed by atoms with Crippen molar-refractivity contribution < 1.29 is 37.4 Å². The molecule has 1 saturated heterocycles. The van der Waals surface area contributed by atoms with Crippen LogP contribution in [0.25, 0.3) is 0 Å². The second kappa shape index (κ2) is 5.76. The van der Waals surface area contributed by atoms with E-state index in [1.54, 1.807) is 0 Å². The summed E-state index contributed by atoms with van der Waals surface area (Å²) < 4.78 is 39.7. The first kappa shape index (κ1) is 15.1. The van der Waals surface area contributed by atoms with Crippen molar-refractivity contribution in [1.29, 1.82) is 0 Å². The number of nitrogens with zero attached hydrogens (tertiary/aromatic N) is 1. The van der Waals surface area contributed by atoms with Crippen molar-refractivity contribution in [2.24, 2.45) is 0 Å². The lowest BCUT2D eigenvalue weighted by atomic mass is 10.1. The molecule has 0 saturated carbocycles. The lowest BCUT2D eigenvalue weighted by molar-refractivity contribution is -0.164. The average Bonchev–Trinajstić information content (AvgIpc) is 2.27. The molecular formula is C9H11F3N2O5. The van der Waals surface area contributed by atoms with Gasteiger partial charge in [-0.2, -0.15) is 13.2 Å². The van der Waals surface area contributed by atoms with Crippen LogP contribution < -0.4 is 5.32 Å². The normalized spacial score (nSPS) is 19.8. The van der Waals surface area contributed by atoms with Gasteiger partial charge in [-0.05, 0) is 0 Å². The minimum atomic E-state index is -4.68. The second-order valence-electron chi connectivity index (χ2n) is 3.77. The first-order valence-electron chi connectivity index (χ1n) is 5.20. The molecule has 19 heavy (non-hydrogen) atoms. The third kappa shape index (κ3) is 4.64. The molecular weight excluding hydrogens is 273 g/mol. The summed E-state index contributed by atoms with van der Waals surface area (Å²) in [5.74, 6) is -2.09. The number of carboxylic acid groups (broad SMARTS) is 1. The van der Waals surface area contributed by atoms with Gasteiger partial charge in [0.25, 0.3) is 0 Å². The maximum Gasteiger partial charge on any atom is 0.422 e. The summed E-state index contributed by atoms with van der Waals surface area (Å²) in [6, 6.07) is -1.37. The third-order valence-corrected chi connectivity index (χ3v) is 2.29. The molecule has 0 aromatic carbocycles. The summed E-state index contributed by atoms with van der Waals surface area (Å²) in [5, 5.41) is 10.9. The van der Waals surface area contributed by atoms with E-state index in [4.69, 9.17) is 5.11 Å². The molecule has 0 spiro atoms. The predicted molar refractivity (Wildman–Crippen MR) is 53.2 cm³/mol. The Morgan fingerprint density at radius 2 is 2.11 bits per heavy atom. The first-order valence-corrected chi connectivity index (χ1v) is 5.20. The summed E-state index contributed by atoms with van der Waals surface area (Å²) >= 11 is 0. The SMILES string of the molecule is O=C(O)CC1C(=O)NCCN1C(=O)OCC(F)(F)F. The molecule has 0 aromatic heterocycles. The number of ether oxygens (including phenoxy) is 1. The minimum absolute atomic E-state index is 0.0239. The van der Waals surface area contributed by atoms with Gasteiger partial charge < -0.3 is 15.2 Å². The first-order chi connectivity index (χ1) is 8.70. The van der Waals surface area contributed by atoms with Crippen molar-refractivity contribution in [2.75, 3.05) is 19.7 Å². The monoisotopic (exact) mass is 284 g/mol. The number of hydrogen-bond acceptors (Lipinski definition) is 4. The zero-order valence-electron chi connectivity index (χ0n) is 9.57. The van der Waals surface area contributed by atoms with Gasteiger partial charge in [0, 0.05) is 13.1 Å². The minimum Gasteiger partial charge on any atom is -0.481 e. The smallest absolute Gasteiger partial charge is 0.422 e. The molecule has 0 radical (unpaired) electrons. The predicted octanol–water partition coefficient (Wildman–Crippen LogP) is -0.0396. The molecule has 0 aliphatic carbocycles. The number of hydrogen-bond donors (Lipinski definition) is 2. The molecule has 2 N–H and O–H groups in total. The highest BCUT2D eigenvalue weighted by Crippen LogP contribution is 2.17. The Kier molecular flexibility index (Phi) is 4.57. The van der Waals surface area contributed by atoms with Crippen molar-refractivity contribution in [2.45, 2.75) is 18.6 Å². The van der Waals surface area contributed by atoms with Gasteiger partial charge in [0.05, 0.1) is 6.42 Å². The molecule has 1 atom stereocenters. The molecule has 0 bridgehead atoms. The van der Waals surface area contributed by atoms with Crippen LogP contribution in [0.5, 0.6) is 0 Å². The number of aliphatic carboxylic acids is 1. The zero-order chi connectivity index (χ0) is 14.6.